The summed E-state index contributed by atoms with van der Waals surface area (Å²) >= 11 is 0. The molecule has 122 valence electrons. The number of nitrogens with zero attached hydrogens (tertiary/aromatic N) is 3. The third-order valence-electron chi connectivity index (χ3n) is 4.67. The fraction of sp³-hybridized carbons (Fsp3) is 0.444. The van der Waals surface area contributed by atoms with Gasteiger partial charge in [0, 0.05) is 30.7 Å². The third-order valence-corrected chi connectivity index (χ3v) is 4.67. The van der Waals surface area contributed by atoms with Gasteiger partial charge in [0.15, 0.2) is 0 Å². The van der Waals surface area contributed by atoms with Crippen molar-refractivity contribution >= 4 is 5.91 Å². The van der Waals surface area contributed by atoms with Crippen molar-refractivity contribution in [2.75, 3.05) is 27.2 Å². The number of H-pyrrole nitrogens is 1. The molecule has 1 saturated heterocycles. The van der Waals surface area contributed by atoms with E-state index in [1.807, 2.05) is 17.9 Å². The molecule has 0 saturated carbocycles. The summed E-state index contributed by atoms with van der Waals surface area (Å²) in [6, 6.07) is 10.8. The first-order valence-electron chi connectivity index (χ1n) is 8.00. The van der Waals surface area contributed by atoms with Crippen molar-refractivity contribution in [2.24, 2.45) is 0 Å². The van der Waals surface area contributed by atoms with Crippen molar-refractivity contribution in [3.8, 4) is 0 Å². The zero-order valence-electron chi connectivity index (χ0n) is 14.2. The molecular formula is C18H24N4O. The van der Waals surface area contributed by atoms with Crippen molar-refractivity contribution in [3.63, 3.8) is 0 Å². The van der Waals surface area contributed by atoms with Crippen molar-refractivity contribution in [1.29, 1.82) is 0 Å². The fourth-order valence-corrected chi connectivity index (χ4v) is 3.31. The summed E-state index contributed by atoms with van der Waals surface area (Å²) in [5, 5.41) is 6.96. The second-order valence-corrected chi connectivity index (χ2v) is 6.69. The first-order chi connectivity index (χ1) is 11.0. The predicted molar refractivity (Wildman–Crippen MR) is 90.6 cm³/mol. The van der Waals surface area contributed by atoms with Crippen LogP contribution in [0.2, 0.25) is 0 Å². The topological polar surface area (TPSA) is 52.2 Å². The molecule has 23 heavy (non-hydrogen) atoms. The van der Waals surface area contributed by atoms with Crippen LogP contribution in [0.3, 0.4) is 0 Å². The van der Waals surface area contributed by atoms with Crippen LogP contribution in [0.4, 0.5) is 0 Å². The van der Waals surface area contributed by atoms with Gasteiger partial charge in [-0.3, -0.25) is 9.89 Å². The van der Waals surface area contributed by atoms with Gasteiger partial charge in [-0.15, -0.1) is 0 Å². The molecule has 2 heterocycles. The maximum atomic E-state index is 12.7. The van der Waals surface area contributed by atoms with E-state index in [-0.39, 0.29) is 5.91 Å². The Morgan fingerprint density at radius 2 is 1.91 bits per heavy atom. The molecule has 0 unspecified atom stereocenters. The Hall–Kier alpha value is -2.14. The Morgan fingerprint density at radius 1 is 1.22 bits per heavy atom. The summed E-state index contributed by atoms with van der Waals surface area (Å²) in [5.74, 6) is 0.338. The number of aromatic nitrogens is 2. The van der Waals surface area contributed by atoms with Gasteiger partial charge >= 0.3 is 0 Å². The van der Waals surface area contributed by atoms with E-state index in [2.05, 4.69) is 60.4 Å². The van der Waals surface area contributed by atoms with E-state index in [4.69, 9.17) is 0 Å². The molecular weight excluding hydrogens is 288 g/mol. The lowest BCUT2D eigenvalue weighted by Gasteiger charge is -2.25. The highest BCUT2D eigenvalue weighted by atomic mass is 16.2. The Morgan fingerprint density at radius 3 is 2.48 bits per heavy atom. The fourth-order valence-electron chi connectivity index (χ4n) is 3.31. The van der Waals surface area contributed by atoms with Crippen LogP contribution in [-0.4, -0.2) is 59.1 Å². The maximum Gasteiger partial charge on any atom is 0.274 e. The number of nitrogens with one attached hydrogen (secondary N) is 1. The van der Waals surface area contributed by atoms with Gasteiger partial charge in [-0.1, -0.05) is 29.8 Å². The lowest BCUT2D eigenvalue weighted by molar-refractivity contribution is 0.0776. The summed E-state index contributed by atoms with van der Waals surface area (Å²) in [6.07, 6.45) is 0. The van der Waals surface area contributed by atoms with Gasteiger partial charge in [0.05, 0.1) is 0 Å². The van der Waals surface area contributed by atoms with E-state index in [0.717, 1.165) is 18.8 Å². The molecule has 1 aliphatic rings. The van der Waals surface area contributed by atoms with Gasteiger partial charge in [0.1, 0.15) is 5.69 Å². The first kappa shape index (κ1) is 15.7. The highest BCUT2D eigenvalue weighted by Crippen LogP contribution is 2.31. The Kier molecular flexibility index (Phi) is 4.22. The molecule has 1 N–H and O–H groups in total. The van der Waals surface area contributed by atoms with Gasteiger partial charge in [-0.2, -0.15) is 5.10 Å². The largest absolute Gasteiger partial charge is 0.335 e. The monoisotopic (exact) mass is 312 g/mol. The van der Waals surface area contributed by atoms with E-state index < -0.39 is 0 Å². The number of carbonyl (C=O) groups excluding carboxylic acids is 1. The highest BCUT2D eigenvalue weighted by molar-refractivity contribution is 5.92. The van der Waals surface area contributed by atoms with Gasteiger partial charge in [-0.25, -0.2) is 0 Å². The molecule has 2 atom stereocenters. The highest BCUT2D eigenvalue weighted by Gasteiger charge is 2.38. The minimum absolute atomic E-state index is 0.0100. The maximum absolute atomic E-state index is 12.7. The van der Waals surface area contributed by atoms with Crippen LogP contribution in [0.5, 0.6) is 0 Å². The molecule has 2 aromatic rings. The zero-order chi connectivity index (χ0) is 16.6. The summed E-state index contributed by atoms with van der Waals surface area (Å²) in [6.45, 7) is 5.47. The van der Waals surface area contributed by atoms with Gasteiger partial charge in [0.2, 0.25) is 0 Å². The first-order valence-corrected chi connectivity index (χ1v) is 8.00. The zero-order valence-corrected chi connectivity index (χ0v) is 14.2. The Balaban J connectivity index is 1.83. The number of hydrogen-bond acceptors (Lipinski definition) is 3. The summed E-state index contributed by atoms with van der Waals surface area (Å²) < 4.78 is 0. The number of likely N-dealkylation sites (N-methyl/N-ethyl adjacent to an activating group) is 1. The van der Waals surface area contributed by atoms with E-state index in [9.17, 15) is 4.79 Å². The molecule has 1 aromatic heterocycles. The summed E-state index contributed by atoms with van der Waals surface area (Å²) in [5.41, 5.74) is 3.97. The van der Waals surface area contributed by atoms with Crippen molar-refractivity contribution < 1.29 is 4.79 Å². The Labute approximate surface area is 137 Å². The van der Waals surface area contributed by atoms with Gasteiger partial charge in [-0.05, 0) is 39.6 Å². The molecule has 0 bridgehead atoms. The van der Waals surface area contributed by atoms with E-state index >= 15 is 0 Å². The molecule has 0 radical (unpaired) electrons. The molecule has 3 rings (SSSR count). The Bertz CT molecular complexity index is 689. The van der Waals surface area contributed by atoms with E-state index in [0.29, 0.717) is 17.7 Å². The quantitative estimate of drug-likeness (QED) is 0.945. The average molecular weight is 312 g/mol. The number of aromatic amines is 1. The molecule has 1 fully saturated rings. The minimum atomic E-state index is 0.0100. The van der Waals surface area contributed by atoms with Crippen LogP contribution in [0.1, 0.15) is 33.2 Å². The lowest BCUT2D eigenvalue weighted by Crippen LogP contribution is -2.36. The predicted octanol–water partition coefficient (Wildman–Crippen LogP) is 2.20. The van der Waals surface area contributed by atoms with Crippen molar-refractivity contribution in [1.82, 2.24) is 20.0 Å². The molecule has 1 aliphatic heterocycles. The van der Waals surface area contributed by atoms with Gasteiger partial charge < -0.3 is 9.80 Å². The number of hydrogen-bond donors (Lipinski definition) is 1. The van der Waals surface area contributed by atoms with Crippen LogP contribution < -0.4 is 0 Å². The van der Waals surface area contributed by atoms with Crippen LogP contribution in [-0.2, 0) is 0 Å². The molecule has 5 nitrogen and oxygen atoms in total. The molecule has 1 amide bonds. The average Bonchev–Trinajstić information content (AvgIpc) is 3.14. The van der Waals surface area contributed by atoms with Crippen LogP contribution in [0, 0.1) is 13.8 Å². The summed E-state index contributed by atoms with van der Waals surface area (Å²) in [7, 11) is 4.16. The number of amides is 1. The normalized spacial score (nSPS) is 21.2. The van der Waals surface area contributed by atoms with Crippen molar-refractivity contribution in [2.45, 2.75) is 25.8 Å². The summed E-state index contributed by atoms with van der Waals surface area (Å²) in [4.78, 5) is 16.8. The van der Waals surface area contributed by atoms with E-state index in [1.54, 1.807) is 0 Å². The van der Waals surface area contributed by atoms with Crippen LogP contribution in [0.15, 0.2) is 30.3 Å². The minimum Gasteiger partial charge on any atom is -0.335 e. The molecule has 1 aromatic carbocycles. The van der Waals surface area contributed by atoms with E-state index in [1.165, 1.54) is 11.1 Å². The van der Waals surface area contributed by atoms with Gasteiger partial charge in [0.25, 0.3) is 5.91 Å². The number of rotatable bonds is 3. The number of aryl methyl sites for hydroxylation is 2. The third kappa shape index (κ3) is 3.15. The van der Waals surface area contributed by atoms with Crippen LogP contribution in [0.25, 0.3) is 0 Å². The van der Waals surface area contributed by atoms with Crippen molar-refractivity contribution in [3.05, 3.63) is 52.8 Å². The molecule has 0 spiro atoms. The SMILES string of the molecule is Cc1ccc([C@H]2CN(C(=O)c3cc(C)[nH]n3)C[C@@H]2N(C)C)cc1. The second-order valence-electron chi connectivity index (χ2n) is 6.69. The second kappa shape index (κ2) is 6.16. The molecule has 5 heteroatoms. The lowest BCUT2D eigenvalue weighted by atomic mass is 9.93. The number of carbonyl (C=O) groups is 1. The standard InChI is InChI=1S/C18H24N4O/c1-12-5-7-14(8-6-12)15-10-22(11-17(15)21(3)4)18(23)16-9-13(2)19-20-16/h5-9,15,17H,10-11H2,1-4H3,(H,19,20)/t15-,17+/m1/s1. The smallest absolute Gasteiger partial charge is 0.274 e. The van der Waals surface area contributed by atoms with Crippen LogP contribution >= 0.6 is 0 Å². The number of benzene rings is 1. The molecule has 0 aliphatic carbocycles. The number of likely N-dealkylation sites (tertiary alicyclic amines) is 1.